The highest BCUT2D eigenvalue weighted by molar-refractivity contribution is 5.97. The molecule has 0 aromatic rings. The zero-order valence-electron chi connectivity index (χ0n) is 10.6. The third-order valence-corrected chi connectivity index (χ3v) is 2.85. The Morgan fingerprint density at radius 2 is 2.12 bits per heavy atom. The molecule has 1 fully saturated rings. The van der Waals surface area contributed by atoms with Gasteiger partial charge in [0.1, 0.15) is 11.6 Å². The lowest BCUT2D eigenvalue weighted by Crippen LogP contribution is -2.30. The SMILES string of the molecule is CC(C)CNC(=O)/C(C#N)=C\NC1CCCC1. The van der Waals surface area contributed by atoms with Crippen molar-refractivity contribution in [2.75, 3.05) is 6.54 Å². The summed E-state index contributed by atoms with van der Waals surface area (Å²) in [5, 5.41) is 14.8. The predicted octanol–water partition coefficient (Wildman–Crippen LogP) is 1.70. The zero-order chi connectivity index (χ0) is 12.7. The lowest BCUT2D eigenvalue weighted by molar-refractivity contribution is -0.117. The second-order valence-electron chi connectivity index (χ2n) is 4.92. The van der Waals surface area contributed by atoms with E-state index in [2.05, 4.69) is 10.6 Å². The summed E-state index contributed by atoms with van der Waals surface area (Å²) in [6.45, 7) is 4.64. The number of rotatable bonds is 5. The molecule has 0 radical (unpaired) electrons. The molecular formula is C13H21N3O. The third-order valence-electron chi connectivity index (χ3n) is 2.85. The third kappa shape index (κ3) is 4.90. The Balaban J connectivity index is 2.43. The van der Waals surface area contributed by atoms with Crippen LogP contribution in [-0.4, -0.2) is 18.5 Å². The van der Waals surface area contributed by atoms with Crippen molar-refractivity contribution in [3.8, 4) is 6.07 Å². The Labute approximate surface area is 103 Å². The quantitative estimate of drug-likeness (QED) is 0.563. The Bertz CT molecular complexity index is 322. The molecule has 0 unspecified atom stereocenters. The molecule has 1 rings (SSSR count). The van der Waals surface area contributed by atoms with E-state index in [0.717, 1.165) is 12.8 Å². The molecule has 1 aliphatic rings. The molecule has 0 atom stereocenters. The number of carbonyl (C=O) groups excluding carboxylic acids is 1. The van der Waals surface area contributed by atoms with E-state index in [9.17, 15) is 4.79 Å². The van der Waals surface area contributed by atoms with Crippen molar-refractivity contribution in [3.05, 3.63) is 11.8 Å². The highest BCUT2D eigenvalue weighted by Crippen LogP contribution is 2.17. The van der Waals surface area contributed by atoms with E-state index in [1.807, 2.05) is 19.9 Å². The number of carbonyl (C=O) groups is 1. The van der Waals surface area contributed by atoms with Gasteiger partial charge in [-0.25, -0.2) is 0 Å². The Kier molecular flexibility index (Phi) is 5.55. The number of nitrogens with zero attached hydrogens (tertiary/aromatic N) is 1. The van der Waals surface area contributed by atoms with E-state index in [0.29, 0.717) is 18.5 Å². The fourth-order valence-corrected chi connectivity index (χ4v) is 1.83. The smallest absolute Gasteiger partial charge is 0.263 e. The summed E-state index contributed by atoms with van der Waals surface area (Å²) in [6, 6.07) is 2.36. The first-order chi connectivity index (χ1) is 8.13. The van der Waals surface area contributed by atoms with E-state index in [-0.39, 0.29) is 11.5 Å². The molecule has 2 N–H and O–H groups in total. The van der Waals surface area contributed by atoms with Gasteiger partial charge in [-0.05, 0) is 18.8 Å². The van der Waals surface area contributed by atoms with Gasteiger partial charge in [0.15, 0.2) is 0 Å². The maximum atomic E-state index is 11.6. The number of nitrogens with one attached hydrogen (secondary N) is 2. The van der Waals surface area contributed by atoms with Crippen molar-refractivity contribution in [1.82, 2.24) is 10.6 Å². The Morgan fingerprint density at radius 1 is 1.47 bits per heavy atom. The van der Waals surface area contributed by atoms with Crippen LogP contribution in [0.25, 0.3) is 0 Å². The summed E-state index contributed by atoms with van der Waals surface area (Å²) in [7, 11) is 0. The molecule has 17 heavy (non-hydrogen) atoms. The molecule has 0 saturated heterocycles. The highest BCUT2D eigenvalue weighted by Gasteiger charge is 2.14. The molecule has 4 heteroatoms. The molecular weight excluding hydrogens is 214 g/mol. The van der Waals surface area contributed by atoms with Crippen LogP contribution in [0.1, 0.15) is 39.5 Å². The van der Waals surface area contributed by atoms with Crippen LogP contribution in [0.3, 0.4) is 0 Å². The molecule has 0 aliphatic heterocycles. The number of amides is 1. The largest absolute Gasteiger partial charge is 0.387 e. The molecule has 94 valence electrons. The van der Waals surface area contributed by atoms with Crippen LogP contribution in [0, 0.1) is 17.2 Å². The standard InChI is InChI=1S/C13H21N3O/c1-10(2)8-16-13(17)11(7-14)9-15-12-5-3-4-6-12/h9-10,12,15H,3-6,8H2,1-2H3,(H,16,17)/b11-9-. The van der Waals surface area contributed by atoms with Gasteiger partial charge in [0.05, 0.1) is 0 Å². The van der Waals surface area contributed by atoms with Crippen molar-refractivity contribution in [2.24, 2.45) is 5.92 Å². The minimum Gasteiger partial charge on any atom is -0.387 e. The monoisotopic (exact) mass is 235 g/mol. The highest BCUT2D eigenvalue weighted by atomic mass is 16.1. The van der Waals surface area contributed by atoms with Crippen molar-refractivity contribution in [3.63, 3.8) is 0 Å². The van der Waals surface area contributed by atoms with Crippen LogP contribution in [0.2, 0.25) is 0 Å². The normalized spacial score (nSPS) is 16.9. The van der Waals surface area contributed by atoms with Crippen LogP contribution >= 0.6 is 0 Å². The average molecular weight is 235 g/mol. The molecule has 1 aliphatic carbocycles. The van der Waals surface area contributed by atoms with Crippen molar-refractivity contribution in [2.45, 2.75) is 45.6 Å². The van der Waals surface area contributed by atoms with Crippen molar-refractivity contribution >= 4 is 5.91 Å². The second kappa shape index (κ2) is 6.95. The summed E-state index contributed by atoms with van der Waals surface area (Å²) < 4.78 is 0. The molecule has 0 spiro atoms. The lowest BCUT2D eigenvalue weighted by atomic mass is 10.2. The van der Waals surface area contributed by atoms with E-state index in [4.69, 9.17) is 5.26 Å². The molecule has 0 bridgehead atoms. The fourth-order valence-electron chi connectivity index (χ4n) is 1.83. The van der Waals surface area contributed by atoms with Crippen molar-refractivity contribution in [1.29, 1.82) is 5.26 Å². The van der Waals surface area contributed by atoms with Crippen molar-refractivity contribution < 1.29 is 4.79 Å². The van der Waals surface area contributed by atoms with Gasteiger partial charge in [-0.2, -0.15) is 5.26 Å². The summed E-state index contributed by atoms with van der Waals surface area (Å²) in [4.78, 5) is 11.6. The van der Waals surface area contributed by atoms with Gasteiger partial charge in [0.25, 0.3) is 5.91 Å². The van der Waals surface area contributed by atoms with Crippen LogP contribution in [0.5, 0.6) is 0 Å². The maximum absolute atomic E-state index is 11.6. The summed E-state index contributed by atoms with van der Waals surface area (Å²) in [5.41, 5.74) is 0.164. The summed E-state index contributed by atoms with van der Waals surface area (Å²) in [6.07, 6.45) is 6.27. The lowest BCUT2D eigenvalue weighted by Gasteiger charge is -2.10. The van der Waals surface area contributed by atoms with Gasteiger partial charge in [0, 0.05) is 18.8 Å². The van der Waals surface area contributed by atoms with Gasteiger partial charge in [-0.1, -0.05) is 26.7 Å². The van der Waals surface area contributed by atoms with Gasteiger partial charge >= 0.3 is 0 Å². The van der Waals surface area contributed by atoms with Crippen LogP contribution in [-0.2, 0) is 4.79 Å². The van der Waals surface area contributed by atoms with Gasteiger partial charge < -0.3 is 10.6 Å². The fraction of sp³-hybridized carbons (Fsp3) is 0.692. The molecule has 0 aromatic heterocycles. The number of nitriles is 1. The van der Waals surface area contributed by atoms with Crippen LogP contribution in [0.15, 0.2) is 11.8 Å². The van der Waals surface area contributed by atoms with Gasteiger partial charge in [-0.3, -0.25) is 4.79 Å². The topological polar surface area (TPSA) is 64.9 Å². The second-order valence-corrected chi connectivity index (χ2v) is 4.92. The minimum atomic E-state index is -0.285. The first kappa shape index (κ1) is 13.6. The zero-order valence-corrected chi connectivity index (χ0v) is 10.6. The Hall–Kier alpha value is -1.50. The molecule has 0 heterocycles. The summed E-state index contributed by atoms with van der Waals surface area (Å²) >= 11 is 0. The van der Waals surface area contributed by atoms with E-state index in [1.54, 1.807) is 6.20 Å². The molecule has 0 aromatic carbocycles. The van der Waals surface area contributed by atoms with Gasteiger partial charge in [0.2, 0.25) is 0 Å². The summed E-state index contributed by atoms with van der Waals surface area (Å²) in [5.74, 6) is 0.105. The van der Waals surface area contributed by atoms with E-state index >= 15 is 0 Å². The van der Waals surface area contributed by atoms with E-state index < -0.39 is 0 Å². The maximum Gasteiger partial charge on any atom is 0.263 e. The van der Waals surface area contributed by atoms with Gasteiger partial charge in [-0.15, -0.1) is 0 Å². The number of hydrogen-bond acceptors (Lipinski definition) is 3. The van der Waals surface area contributed by atoms with E-state index in [1.165, 1.54) is 12.8 Å². The predicted molar refractivity (Wildman–Crippen MR) is 66.9 cm³/mol. The van der Waals surface area contributed by atoms with Crippen LogP contribution in [0.4, 0.5) is 0 Å². The molecule has 4 nitrogen and oxygen atoms in total. The first-order valence-electron chi connectivity index (χ1n) is 6.28. The number of hydrogen-bond donors (Lipinski definition) is 2. The van der Waals surface area contributed by atoms with Crippen LogP contribution < -0.4 is 10.6 Å². The molecule has 1 saturated carbocycles. The minimum absolute atomic E-state index is 0.164. The average Bonchev–Trinajstić information content (AvgIpc) is 2.80. The first-order valence-corrected chi connectivity index (χ1v) is 6.28. The Morgan fingerprint density at radius 3 is 2.65 bits per heavy atom. The molecule has 1 amide bonds.